The third-order valence-electron chi connectivity index (χ3n) is 2.79. The van der Waals surface area contributed by atoms with E-state index in [2.05, 4.69) is 5.43 Å². The average molecular weight is 315 g/mol. The second kappa shape index (κ2) is 7.04. The summed E-state index contributed by atoms with van der Waals surface area (Å²) >= 11 is 7.42. The second-order valence-electron chi connectivity index (χ2n) is 4.10. The van der Waals surface area contributed by atoms with Gasteiger partial charge in [0, 0.05) is 16.2 Å². The normalized spacial score (nSPS) is 12.4. The molecule has 0 heterocycles. The summed E-state index contributed by atoms with van der Waals surface area (Å²) in [7, 11) is 0. The van der Waals surface area contributed by atoms with Crippen molar-refractivity contribution in [3.63, 3.8) is 0 Å². The lowest BCUT2D eigenvalue weighted by molar-refractivity contribution is 0.500. The highest BCUT2D eigenvalue weighted by atomic mass is 35.5. The van der Waals surface area contributed by atoms with Crippen molar-refractivity contribution in [1.29, 1.82) is 0 Å². The summed E-state index contributed by atoms with van der Waals surface area (Å²) in [4.78, 5) is 0.839. The van der Waals surface area contributed by atoms with Gasteiger partial charge in [0.2, 0.25) is 0 Å². The lowest BCUT2D eigenvalue weighted by Gasteiger charge is -2.17. The molecule has 3 N–H and O–H groups in total. The minimum Gasteiger partial charge on any atom is -0.271 e. The summed E-state index contributed by atoms with van der Waals surface area (Å²) in [6, 6.07) is 10.4. The van der Waals surface area contributed by atoms with Crippen LogP contribution in [0.2, 0.25) is 5.02 Å². The lowest BCUT2D eigenvalue weighted by Crippen LogP contribution is -2.31. The number of hydrogen-bond donors (Lipinski definition) is 2. The Hall–Kier alpha value is -1.14. The molecular formula is C14H13ClF2N2S. The third kappa shape index (κ3) is 3.49. The van der Waals surface area contributed by atoms with Gasteiger partial charge in [-0.15, -0.1) is 11.8 Å². The van der Waals surface area contributed by atoms with Crippen LogP contribution >= 0.6 is 23.4 Å². The molecule has 20 heavy (non-hydrogen) atoms. The van der Waals surface area contributed by atoms with Crippen molar-refractivity contribution < 1.29 is 8.78 Å². The van der Waals surface area contributed by atoms with E-state index in [9.17, 15) is 8.78 Å². The molecule has 0 saturated heterocycles. The fourth-order valence-corrected chi connectivity index (χ4v) is 3.08. The van der Waals surface area contributed by atoms with Gasteiger partial charge in [-0.05, 0) is 24.3 Å². The Bertz CT molecular complexity index is 575. The summed E-state index contributed by atoms with van der Waals surface area (Å²) in [5.41, 5.74) is 2.39. The van der Waals surface area contributed by atoms with Gasteiger partial charge in [0.05, 0.1) is 11.1 Å². The first-order valence-corrected chi connectivity index (χ1v) is 7.27. The molecule has 2 rings (SSSR count). The topological polar surface area (TPSA) is 38.0 Å². The Morgan fingerprint density at radius 3 is 2.35 bits per heavy atom. The third-order valence-corrected chi connectivity index (χ3v) is 4.40. The molecule has 6 heteroatoms. The van der Waals surface area contributed by atoms with E-state index in [0.717, 1.165) is 4.90 Å². The van der Waals surface area contributed by atoms with E-state index in [4.69, 9.17) is 17.4 Å². The van der Waals surface area contributed by atoms with E-state index in [1.54, 1.807) is 6.07 Å². The molecule has 0 bridgehead atoms. The van der Waals surface area contributed by atoms with Crippen molar-refractivity contribution in [3.8, 4) is 0 Å². The second-order valence-corrected chi connectivity index (χ2v) is 5.57. The molecule has 0 radical (unpaired) electrons. The molecule has 0 aromatic heterocycles. The summed E-state index contributed by atoms with van der Waals surface area (Å²) < 4.78 is 27.4. The minimum atomic E-state index is -0.641. The molecule has 0 spiro atoms. The standard InChI is InChI=1S/C14H13ClF2N2S/c15-9-4-1-2-7-13(9)20-8-12(19-18)14-10(16)5-3-6-11(14)17/h1-7,12,19H,8,18H2. The van der Waals surface area contributed by atoms with Gasteiger partial charge in [-0.2, -0.15) is 0 Å². The Labute approximate surface area is 125 Å². The summed E-state index contributed by atoms with van der Waals surface area (Å²) in [6.07, 6.45) is 0. The number of benzene rings is 2. The average Bonchev–Trinajstić information content (AvgIpc) is 2.43. The monoisotopic (exact) mass is 314 g/mol. The minimum absolute atomic E-state index is 0.0606. The quantitative estimate of drug-likeness (QED) is 0.499. The molecule has 2 aromatic rings. The van der Waals surface area contributed by atoms with Crippen LogP contribution in [0.1, 0.15) is 11.6 Å². The van der Waals surface area contributed by atoms with Gasteiger partial charge in [-0.25, -0.2) is 8.78 Å². The molecule has 0 saturated carbocycles. The van der Waals surface area contributed by atoms with Gasteiger partial charge in [-0.1, -0.05) is 29.8 Å². The van der Waals surface area contributed by atoms with Crippen molar-refractivity contribution in [2.75, 3.05) is 5.75 Å². The maximum atomic E-state index is 13.7. The van der Waals surface area contributed by atoms with Gasteiger partial charge in [0.15, 0.2) is 0 Å². The summed E-state index contributed by atoms with van der Waals surface area (Å²) in [6.45, 7) is 0. The van der Waals surface area contributed by atoms with Crippen molar-refractivity contribution in [2.45, 2.75) is 10.9 Å². The Morgan fingerprint density at radius 2 is 1.75 bits per heavy atom. The molecular weight excluding hydrogens is 302 g/mol. The van der Waals surface area contributed by atoms with E-state index < -0.39 is 17.7 Å². The van der Waals surface area contributed by atoms with Gasteiger partial charge < -0.3 is 0 Å². The fraction of sp³-hybridized carbons (Fsp3) is 0.143. The molecule has 0 fully saturated rings. The molecule has 0 aliphatic carbocycles. The Balaban J connectivity index is 2.16. The van der Waals surface area contributed by atoms with Crippen LogP contribution in [0.3, 0.4) is 0 Å². The first kappa shape index (κ1) is 15.3. The molecule has 0 aliphatic heterocycles. The number of thioether (sulfide) groups is 1. The highest BCUT2D eigenvalue weighted by Crippen LogP contribution is 2.31. The van der Waals surface area contributed by atoms with Crippen LogP contribution in [0.5, 0.6) is 0 Å². The van der Waals surface area contributed by atoms with Gasteiger partial charge in [-0.3, -0.25) is 11.3 Å². The van der Waals surface area contributed by atoms with E-state index in [-0.39, 0.29) is 5.56 Å². The van der Waals surface area contributed by atoms with E-state index in [0.29, 0.717) is 10.8 Å². The smallest absolute Gasteiger partial charge is 0.130 e. The SMILES string of the molecule is NNC(CSc1ccccc1Cl)c1c(F)cccc1F. The van der Waals surface area contributed by atoms with E-state index in [1.807, 2.05) is 18.2 Å². The Kier molecular flexibility index (Phi) is 5.37. The molecule has 1 atom stereocenters. The van der Waals surface area contributed by atoms with Gasteiger partial charge in [0.25, 0.3) is 0 Å². The molecule has 2 nitrogen and oxygen atoms in total. The number of halogens is 3. The van der Waals surface area contributed by atoms with Crippen LogP contribution in [-0.4, -0.2) is 5.75 Å². The van der Waals surface area contributed by atoms with Crippen LogP contribution in [0.4, 0.5) is 8.78 Å². The number of rotatable bonds is 5. The zero-order valence-electron chi connectivity index (χ0n) is 10.4. The van der Waals surface area contributed by atoms with Gasteiger partial charge in [0.1, 0.15) is 11.6 Å². The summed E-state index contributed by atoms with van der Waals surface area (Å²) in [5.74, 6) is 4.54. The predicted molar refractivity (Wildman–Crippen MR) is 78.6 cm³/mol. The van der Waals surface area contributed by atoms with E-state index in [1.165, 1.54) is 30.0 Å². The van der Waals surface area contributed by atoms with Crippen molar-refractivity contribution >= 4 is 23.4 Å². The lowest BCUT2D eigenvalue weighted by atomic mass is 10.1. The number of hydrogen-bond acceptors (Lipinski definition) is 3. The van der Waals surface area contributed by atoms with Crippen LogP contribution in [0.15, 0.2) is 47.4 Å². The van der Waals surface area contributed by atoms with Crippen LogP contribution in [-0.2, 0) is 0 Å². The predicted octanol–water partition coefficient (Wildman–Crippen LogP) is 3.91. The first-order valence-electron chi connectivity index (χ1n) is 5.91. The summed E-state index contributed by atoms with van der Waals surface area (Å²) in [5, 5.41) is 0.599. The van der Waals surface area contributed by atoms with Crippen molar-refractivity contribution in [1.82, 2.24) is 5.43 Å². The maximum absolute atomic E-state index is 13.7. The highest BCUT2D eigenvalue weighted by Gasteiger charge is 2.19. The number of nitrogens with two attached hydrogens (primary N) is 1. The van der Waals surface area contributed by atoms with E-state index >= 15 is 0 Å². The molecule has 1 unspecified atom stereocenters. The zero-order chi connectivity index (χ0) is 14.5. The van der Waals surface area contributed by atoms with Crippen LogP contribution in [0, 0.1) is 11.6 Å². The van der Waals surface area contributed by atoms with Crippen LogP contribution in [0.25, 0.3) is 0 Å². The molecule has 106 valence electrons. The Morgan fingerprint density at radius 1 is 1.10 bits per heavy atom. The fourth-order valence-electron chi connectivity index (χ4n) is 1.79. The number of hydrazine groups is 1. The molecule has 0 aliphatic rings. The molecule has 2 aromatic carbocycles. The van der Waals surface area contributed by atoms with Crippen molar-refractivity contribution in [3.05, 3.63) is 64.7 Å². The number of nitrogens with one attached hydrogen (secondary N) is 1. The van der Waals surface area contributed by atoms with Crippen molar-refractivity contribution in [2.24, 2.45) is 5.84 Å². The van der Waals surface area contributed by atoms with Crippen LogP contribution < -0.4 is 11.3 Å². The first-order chi connectivity index (χ1) is 9.63. The highest BCUT2D eigenvalue weighted by molar-refractivity contribution is 7.99. The zero-order valence-corrected chi connectivity index (χ0v) is 12.0. The van der Waals surface area contributed by atoms with Gasteiger partial charge >= 0.3 is 0 Å². The molecule has 0 amide bonds. The largest absolute Gasteiger partial charge is 0.271 e. The maximum Gasteiger partial charge on any atom is 0.130 e.